The zero-order valence-corrected chi connectivity index (χ0v) is 18.5. The third kappa shape index (κ3) is 5.43. The number of sulfonamides is 1. The molecule has 2 aromatic rings. The number of benzene rings is 2. The Morgan fingerprint density at radius 2 is 1.87 bits per heavy atom. The molecule has 0 saturated carbocycles. The maximum atomic E-state index is 13.5. The molecular weight excluding hydrogens is 426 g/mol. The smallest absolute Gasteiger partial charge is 0.289 e. The minimum Gasteiger partial charge on any atom is -0.497 e. The van der Waals surface area contributed by atoms with E-state index in [9.17, 15) is 23.3 Å². The third-order valence-corrected chi connectivity index (χ3v) is 6.40. The standard InChI is InChI=1S/C20H25N3O7S/c1-5-14(2)21-20(24)13-22(16-11-10-15(29-3)12-18(16)30-4)31(27,28)19-9-7-6-8-17(19)23(25)26/h6-12,14H,5,13H2,1-4H3,(H,21,24)/t14-/m0/s1. The number of ether oxygens (including phenoxy) is 2. The molecule has 0 heterocycles. The first-order valence-electron chi connectivity index (χ1n) is 9.43. The Hall–Kier alpha value is -3.34. The lowest BCUT2D eigenvalue weighted by atomic mass is 10.2. The topological polar surface area (TPSA) is 128 Å². The van der Waals surface area contributed by atoms with Crippen molar-refractivity contribution in [3.05, 3.63) is 52.6 Å². The number of nitro groups is 1. The van der Waals surface area contributed by atoms with E-state index in [0.29, 0.717) is 12.2 Å². The maximum Gasteiger partial charge on any atom is 0.289 e. The molecule has 1 N–H and O–H groups in total. The lowest BCUT2D eigenvalue weighted by molar-refractivity contribution is -0.387. The number of amides is 1. The minimum atomic E-state index is -4.51. The van der Waals surface area contributed by atoms with Crippen LogP contribution in [0, 0.1) is 10.1 Å². The maximum absolute atomic E-state index is 13.5. The summed E-state index contributed by atoms with van der Waals surface area (Å²) in [6.45, 7) is 3.06. The Kier molecular flexibility index (Phi) is 7.81. The fourth-order valence-corrected chi connectivity index (χ4v) is 4.38. The van der Waals surface area contributed by atoms with Gasteiger partial charge in [0.25, 0.3) is 15.7 Å². The fourth-order valence-electron chi connectivity index (χ4n) is 2.79. The van der Waals surface area contributed by atoms with Gasteiger partial charge in [0.05, 0.1) is 24.8 Å². The van der Waals surface area contributed by atoms with Crippen molar-refractivity contribution in [2.24, 2.45) is 0 Å². The van der Waals surface area contributed by atoms with Crippen molar-refractivity contribution in [3.8, 4) is 11.5 Å². The predicted molar refractivity (Wildman–Crippen MR) is 115 cm³/mol. The van der Waals surface area contributed by atoms with E-state index in [1.54, 1.807) is 6.92 Å². The number of carbonyl (C=O) groups is 1. The van der Waals surface area contributed by atoms with Gasteiger partial charge in [-0.1, -0.05) is 19.1 Å². The van der Waals surface area contributed by atoms with E-state index in [1.165, 1.54) is 44.6 Å². The van der Waals surface area contributed by atoms with Gasteiger partial charge in [-0.15, -0.1) is 0 Å². The number of carbonyl (C=O) groups excluding carboxylic acids is 1. The number of rotatable bonds is 10. The van der Waals surface area contributed by atoms with Gasteiger partial charge >= 0.3 is 0 Å². The average Bonchev–Trinajstić information content (AvgIpc) is 2.76. The van der Waals surface area contributed by atoms with E-state index in [-0.39, 0.29) is 17.5 Å². The molecule has 0 fully saturated rings. The third-order valence-electron chi connectivity index (χ3n) is 4.59. The molecule has 1 amide bonds. The number of para-hydroxylation sites is 1. The summed E-state index contributed by atoms with van der Waals surface area (Å²) in [6, 6.07) is 9.17. The lowest BCUT2D eigenvalue weighted by Crippen LogP contribution is -2.43. The Morgan fingerprint density at radius 1 is 1.19 bits per heavy atom. The first-order chi connectivity index (χ1) is 14.6. The molecule has 0 aliphatic carbocycles. The van der Waals surface area contributed by atoms with E-state index in [1.807, 2.05) is 6.92 Å². The van der Waals surface area contributed by atoms with Crippen molar-refractivity contribution >= 4 is 27.3 Å². The molecule has 31 heavy (non-hydrogen) atoms. The molecule has 0 bridgehead atoms. The molecule has 0 aliphatic rings. The number of hydrogen-bond acceptors (Lipinski definition) is 7. The van der Waals surface area contributed by atoms with Gasteiger partial charge in [0.2, 0.25) is 5.91 Å². The van der Waals surface area contributed by atoms with Crippen LogP contribution in [0.15, 0.2) is 47.4 Å². The molecule has 0 aromatic heterocycles. The lowest BCUT2D eigenvalue weighted by Gasteiger charge is -2.26. The molecular formula is C20H25N3O7S. The molecule has 10 nitrogen and oxygen atoms in total. The summed E-state index contributed by atoms with van der Waals surface area (Å²) in [7, 11) is -1.73. The second-order valence-corrected chi connectivity index (χ2v) is 8.48. The first-order valence-corrected chi connectivity index (χ1v) is 10.9. The van der Waals surface area contributed by atoms with Gasteiger partial charge in [-0.3, -0.25) is 19.2 Å². The Morgan fingerprint density at radius 3 is 2.45 bits per heavy atom. The number of nitro benzene ring substituents is 1. The normalized spacial score (nSPS) is 12.0. The van der Waals surface area contributed by atoms with Gasteiger partial charge in [-0.05, 0) is 31.5 Å². The van der Waals surface area contributed by atoms with Crippen LogP contribution >= 0.6 is 0 Å². The number of methoxy groups -OCH3 is 2. The highest BCUT2D eigenvalue weighted by Crippen LogP contribution is 2.37. The van der Waals surface area contributed by atoms with Crippen LogP contribution in [0.5, 0.6) is 11.5 Å². The van der Waals surface area contributed by atoms with Crippen molar-refractivity contribution in [2.75, 3.05) is 25.1 Å². The van der Waals surface area contributed by atoms with E-state index in [0.717, 1.165) is 16.4 Å². The van der Waals surface area contributed by atoms with Crippen molar-refractivity contribution in [1.82, 2.24) is 5.32 Å². The van der Waals surface area contributed by atoms with Crippen LogP contribution in [0.25, 0.3) is 0 Å². The molecule has 0 unspecified atom stereocenters. The molecule has 11 heteroatoms. The zero-order chi connectivity index (χ0) is 23.2. The van der Waals surface area contributed by atoms with Crippen LogP contribution in [0.1, 0.15) is 20.3 Å². The SMILES string of the molecule is CC[C@H](C)NC(=O)CN(c1ccc(OC)cc1OC)S(=O)(=O)c1ccccc1[N+](=O)[O-]. The van der Waals surface area contributed by atoms with Gasteiger partial charge in [-0.25, -0.2) is 8.42 Å². The number of hydrogen-bond donors (Lipinski definition) is 1. The number of anilines is 1. The quantitative estimate of drug-likeness (QED) is 0.434. The van der Waals surface area contributed by atoms with Crippen molar-refractivity contribution < 1.29 is 27.6 Å². The Bertz CT molecular complexity index is 1060. The molecule has 2 aromatic carbocycles. The fraction of sp³-hybridized carbons (Fsp3) is 0.350. The largest absolute Gasteiger partial charge is 0.497 e. The van der Waals surface area contributed by atoms with E-state index in [4.69, 9.17) is 9.47 Å². The van der Waals surface area contributed by atoms with Crippen molar-refractivity contribution in [2.45, 2.75) is 31.2 Å². The van der Waals surface area contributed by atoms with Crippen LogP contribution in [-0.2, 0) is 14.8 Å². The molecule has 168 valence electrons. The Labute approximate surface area is 181 Å². The van der Waals surface area contributed by atoms with Gasteiger partial charge < -0.3 is 14.8 Å². The second kappa shape index (κ2) is 10.1. The molecule has 0 radical (unpaired) electrons. The summed E-state index contributed by atoms with van der Waals surface area (Å²) in [5.74, 6) is -0.0278. The summed E-state index contributed by atoms with van der Waals surface area (Å²) in [6.07, 6.45) is 0.647. The van der Waals surface area contributed by atoms with Gasteiger partial charge in [-0.2, -0.15) is 0 Å². The Balaban J connectivity index is 2.65. The van der Waals surface area contributed by atoms with Gasteiger partial charge in [0.1, 0.15) is 18.0 Å². The summed E-state index contributed by atoms with van der Waals surface area (Å²) < 4.78 is 38.3. The van der Waals surface area contributed by atoms with Crippen LogP contribution < -0.4 is 19.1 Å². The van der Waals surface area contributed by atoms with Crippen molar-refractivity contribution in [3.63, 3.8) is 0 Å². The van der Waals surface area contributed by atoms with E-state index in [2.05, 4.69) is 5.32 Å². The zero-order valence-electron chi connectivity index (χ0n) is 17.7. The number of nitrogens with zero attached hydrogens (tertiary/aromatic N) is 2. The average molecular weight is 452 g/mol. The summed E-state index contributed by atoms with van der Waals surface area (Å²) in [4.78, 5) is 22.7. The van der Waals surface area contributed by atoms with E-state index >= 15 is 0 Å². The summed E-state index contributed by atoms with van der Waals surface area (Å²) in [5.41, 5.74) is -0.553. The highest BCUT2D eigenvalue weighted by molar-refractivity contribution is 7.93. The van der Waals surface area contributed by atoms with Gasteiger partial charge in [0, 0.05) is 18.2 Å². The van der Waals surface area contributed by atoms with Crippen LogP contribution in [-0.4, -0.2) is 46.1 Å². The van der Waals surface area contributed by atoms with Crippen LogP contribution in [0.4, 0.5) is 11.4 Å². The molecule has 1 atom stereocenters. The molecule has 0 spiro atoms. The second-order valence-electron chi connectivity index (χ2n) is 6.65. The predicted octanol–water partition coefficient (Wildman–Crippen LogP) is 2.72. The molecule has 2 rings (SSSR count). The molecule has 0 saturated heterocycles. The molecule has 0 aliphatic heterocycles. The highest BCUT2D eigenvalue weighted by Gasteiger charge is 2.34. The summed E-state index contributed by atoms with van der Waals surface area (Å²) in [5, 5.41) is 14.1. The summed E-state index contributed by atoms with van der Waals surface area (Å²) >= 11 is 0. The van der Waals surface area contributed by atoms with Crippen molar-refractivity contribution in [1.29, 1.82) is 0 Å². The van der Waals surface area contributed by atoms with E-state index < -0.39 is 38.0 Å². The minimum absolute atomic E-state index is 0.0424. The first kappa shape index (κ1) is 23.9. The van der Waals surface area contributed by atoms with Gasteiger partial charge in [0.15, 0.2) is 4.90 Å². The van der Waals surface area contributed by atoms with Crippen LogP contribution in [0.2, 0.25) is 0 Å². The number of nitrogens with one attached hydrogen (secondary N) is 1. The highest BCUT2D eigenvalue weighted by atomic mass is 32.2. The monoisotopic (exact) mass is 451 g/mol. The van der Waals surface area contributed by atoms with Crippen LogP contribution in [0.3, 0.4) is 0 Å².